The second-order valence-electron chi connectivity index (χ2n) is 2.93. The molecule has 64 valence electrons. The van der Waals surface area contributed by atoms with Gasteiger partial charge in [0.2, 0.25) is 0 Å². The number of hydrogen-bond donors (Lipinski definition) is 1. The van der Waals surface area contributed by atoms with Crippen LogP contribution in [0, 0.1) is 0 Å². The molecule has 3 nitrogen and oxygen atoms in total. The molecule has 13 heavy (non-hydrogen) atoms. The first kappa shape index (κ1) is 8.32. The van der Waals surface area contributed by atoms with Crippen LogP contribution in [0.3, 0.4) is 0 Å². The Hall–Kier alpha value is -1.29. The number of nitrogens with zero attached hydrogens (tertiary/aromatic N) is 2. The summed E-state index contributed by atoms with van der Waals surface area (Å²) in [5, 5.41) is 8.73. The quantitative estimate of drug-likeness (QED) is 0.629. The average Bonchev–Trinajstić information content (AvgIpc) is 2.46. The molecule has 0 aliphatic carbocycles. The fourth-order valence-corrected chi connectivity index (χ4v) is 1.30. The van der Waals surface area contributed by atoms with E-state index < -0.39 is 0 Å². The molecule has 0 amide bonds. The van der Waals surface area contributed by atoms with Crippen molar-refractivity contribution in [2.45, 2.75) is 6.42 Å². The van der Waals surface area contributed by atoms with Crippen LogP contribution in [0.25, 0.3) is 5.65 Å². The van der Waals surface area contributed by atoms with Crippen molar-refractivity contribution >= 4 is 19.0 Å². The van der Waals surface area contributed by atoms with Crippen molar-refractivity contribution in [3.8, 4) is 0 Å². The molecule has 0 spiro atoms. The molecule has 2 aromatic rings. The number of imidazole rings is 1. The highest BCUT2D eigenvalue weighted by Gasteiger charge is 1.99. The molecule has 2 aromatic heterocycles. The molecular weight excluding hydrogens is 163 g/mol. The molecule has 0 aromatic carbocycles. The molecule has 0 bridgehead atoms. The predicted octanol–water partition coefficient (Wildman–Crippen LogP) is -0.337. The summed E-state index contributed by atoms with van der Waals surface area (Å²) in [7, 11) is 5.61. The average molecular weight is 172 g/mol. The zero-order valence-corrected chi connectivity index (χ0v) is 7.14. The lowest BCUT2D eigenvalue weighted by atomic mass is 9.99. The summed E-state index contributed by atoms with van der Waals surface area (Å²) in [5.41, 5.74) is 2.45. The molecule has 2 heterocycles. The lowest BCUT2D eigenvalue weighted by Crippen LogP contribution is -2.03. The molecular formula is C9H9BN2O. The number of fused-ring (bicyclic) bond motifs is 1. The van der Waals surface area contributed by atoms with E-state index in [4.69, 9.17) is 13.0 Å². The summed E-state index contributed by atoms with van der Waals surface area (Å²) in [6.07, 6.45) is 4.27. The van der Waals surface area contributed by atoms with Crippen LogP contribution in [0.5, 0.6) is 0 Å². The Kier molecular flexibility index (Phi) is 2.06. The van der Waals surface area contributed by atoms with E-state index in [-0.39, 0.29) is 6.61 Å². The topological polar surface area (TPSA) is 37.5 Å². The minimum absolute atomic E-state index is 0.124. The fraction of sp³-hybridized carbons (Fsp3) is 0.222. The van der Waals surface area contributed by atoms with Crippen LogP contribution in [-0.4, -0.2) is 28.9 Å². The monoisotopic (exact) mass is 172 g/mol. The molecule has 2 radical (unpaired) electrons. The van der Waals surface area contributed by atoms with E-state index in [1.165, 1.54) is 0 Å². The minimum Gasteiger partial charge on any atom is -0.396 e. The normalized spacial score (nSPS) is 10.8. The van der Waals surface area contributed by atoms with Gasteiger partial charge >= 0.3 is 0 Å². The maximum Gasteiger partial charge on any atom is 0.136 e. The molecule has 0 saturated carbocycles. The van der Waals surface area contributed by atoms with E-state index in [0.717, 1.165) is 11.3 Å². The van der Waals surface area contributed by atoms with Crippen molar-refractivity contribution in [1.29, 1.82) is 0 Å². The second-order valence-corrected chi connectivity index (χ2v) is 2.93. The zero-order chi connectivity index (χ0) is 9.26. The number of aromatic nitrogens is 2. The van der Waals surface area contributed by atoms with Gasteiger partial charge in [-0.15, -0.1) is 0 Å². The minimum atomic E-state index is 0.124. The highest BCUT2D eigenvalue weighted by Crippen LogP contribution is 2.03. The first-order valence-corrected chi connectivity index (χ1v) is 4.13. The highest BCUT2D eigenvalue weighted by molar-refractivity contribution is 6.32. The Morgan fingerprint density at radius 3 is 3.00 bits per heavy atom. The standard InChI is InChI=1S/C9H9BN2O/c10-7-1-2-9-11-8(3-4-13)6-12(9)5-7/h1-2,5-6,13H,3-4H2. The maximum absolute atomic E-state index is 8.73. The number of hydrogen-bond acceptors (Lipinski definition) is 2. The van der Waals surface area contributed by atoms with E-state index in [2.05, 4.69) is 4.98 Å². The summed E-state index contributed by atoms with van der Waals surface area (Å²) in [4.78, 5) is 4.29. The molecule has 0 aliphatic rings. The van der Waals surface area contributed by atoms with Crippen molar-refractivity contribution in [3.05, 3.63) is 30.2 Å². The van der Waals surface area contributed by atoms with Crippen LogP contribution in [0.2, 0.25) is 0 Å². The summed E-state index contributed by atoms with van der Waals surface area (Å²) < 4.78 is 1.86. The van der Waals surface area contributed by atoms with Gasteiger partial charge < -0.3 is 9.51 Å². The van der Waals surface area contributed by atoms with Gasteiger partial charge in [-0.3, -0.25) is 0 Å². The van der Waals surface area contributed by atoms with Gasteiger partial charge in [0.1, 0.15) is 13.5 Å². The molecule has 0 atom stereocenters. The Bertz CT molecular complexity index is 424. The maximum atomic E-state index is 8.73. The van der Waals surface area contributed by atoms with Gasteiger partial charge in [-0.05, 0) is 6.07 Å². The highest BCUT2D eigenvalue weighted by atomic mass is 16.3. The summed E-state index contributed by atoms with van der Waals surface area (Å²) in [6.45, 7) is 0.124. The molecule has 0 aliphatic heterocycles. The van der Waals surface area contributed by atoms with Gasteiger partial charge in [-0.1, -0.05) is 11.5 Å². The van der Waals surface area contributed by atoms with Gasteiger partial charge in [-0.2, -0.15) is 0 Å². The van der Waals surface area contributed by atoms with Gasteiger partial charge in [0, 0.05) is 25.4 Å². The fourth-order valence-electron chi connectivity index (χ4n) is 1.30. The van der Waals surface area contributed by atoms with Crippen LogP contribution >= 0.6 is 0 Å². The van der Waals surface area contributed by atoms with Crippen LogP contribution in [0.4, 0.5) is 0 Å². The third kappa shape index (κ3) is 1.58. The molecule has 1 N–H and O–H groups in total. The smallest absolute Gasteiger partial charge is 0.136 e. The van der Waals surface area contributed by atoms with E-state index in [1.807, 2.05) is 28.9 Å². The number of pyridine rings is 1. The van der Waals surface area contributed by atoms with E-state index in [9.17, 15) is 0 Å². The van der Waals surface area contributed by atoms with Crippen LogP contribution in [-0.2, 0) is 6.42 Å². The number of aliphatic hydroxyl groups excluding tert-OH is 1. The lowest BCUT2D eigenvalue weighted by molar-refractivity contribution is 0.298. The number of aliphatic hydroxyl groups is 1. The Labute approximate surface area is 77.4 Å². The molecule has 2 rings (SSSR count). The van der Waals surface area contributed by atoms with Crippen LogP contribution in [0.1, 0.15) is 5.69 Å². The Morgan fingerprint density at radius 1 is 1.38 bits per heavy atom. The van der Waals surface area contributed by atoms with Gasteiger partial charge in [0.25, 0.3) is 0 Å². The van der Waals surface area contributed by atoms with E-state index in [0.29, 0.717) is 11.9 Å². The summed E-state index contributed by atoms with van der Waals surface area (Å²) in [5.74, 6) is 0. The SMILES string of the molecule is [B]c1ccc2nc(CCO)cn2c1. The third-order valence-corrected chi connectivity index (χ3v) is 1.89. The van der Waals surface area contributed by atoms with Gasteiger partial charge in [-0.25, -0.2) is 4.98 Å². The molecule has 0 fully saturated rings. The summed E-state index contributed by atoms with van der Waals surface area (Å²) in [6, 6.07) is 3.67. The van der Waals surface area contributed by atoms with Crippen molar-refractivity contribution in [3.63, 3.8) is 0 Å². The Morgan fingerprint density at radius 2 is 2.23 bits per heavy atom. The van der Waals surface area contributed by atoms with Gasteiger partial charge in [0.05, 0.1) is 5.69 Å². The van der Waals surface area contributed by atoms with Gasteiger partial charge in [0.15, 0.2) is 0 Å². The third-order valence-electron chi connectivity index (χ3n) is 1.89. The van der Waals surface area contributed by atoms with Crippen molar-refractivity contribution in [2.75, 3.05) is 6.61 Å². The molecule has 0 unspecified atom stereocenters. The molecule has 0 saturated heterocycles. The van der Waals surface area contributed by atoms with Crippen LogP contribution in [0.15, 0.2) is 24.5 Å². The van der Waals surface area contributed by atoms with Crippen molar-refractivity contribution in [2.24, 2.45) is 0 Å². The predicted molar refractivity (Wildman–Crippen MR) is 51.4 cm³/mol. The first-order valence-electron chi connectivity index (χ1n) is 4.13. The van der Waals surface area contributed by atoms with Crippen LogP contribution < -0.4 is 5.46 Å². The lowest BCUT2D eigenvalue weighted by Gasteiger charge is -1.93. The van der Waals surface area contributed by atoms with Crippen molar-refractivity contribution in [1.82, 2.24) is 9.38 Å². The largest absolute Gasteiger partial charge is 0.396 e. The van der Waals surface area contributed by atoms with E-state index >= 15 is 0 Å². The van der Waals surface area contributed by atoms with E-state index in [1.54, 1.807) is 0 Å². The molecule has 4 heteroatoms. The number of rotatable bonds is 2. The Balaban J connectivity index is 2.49. The summed E-state index contributed by atoms with van der Waals surface area (Å²) >= 11 is 0. The second kappa shape index (κ2) is 3.22. The van der Waals surface area contributed by atoms with Crippen molar-refractivity contribution < 1.29 is 5.11 Å². The zero-order valence-electron chi connectivity index (χ0n) is 7.14. The first-order chi connectivity index (χ1) is 6.29.